The van der Waals surface area contributed by atoms with Gasteiger partial charge in [-0.25, -0.2) is 0 Å². The highest BCUT2D eigenvalue weighted by Gasteiger charge is 2.41. The van der Waals surface area contributed by atoms with Gasteiger partial charge < -0.3 is 5.73 Å². The molecule has 0 heterocycles. The molecule has 0 spiro atoms. The van der Waals surface area contributed by atoms with Crippen molar-refractivity contribution in [1.82, 2.24) is 8.61 Å². The molecular weight excluding hydrogens is 262 g/mol. The van der Waals surface area contributed by atoms with E-state index in [1.807, 2.05) is 34.6 Å². The molecule has 0 aromatic heterocycles. The van der Waals surface area contributed by atoms with Crippen LogP contribution in [0.15, 0.2) is 0 Å². The van der Waals surface area contributed by atoms with E-state index in [9.17, 15) is 8.42 Å². The highest BCUT2D eigenvalue weighted by Crippen LogP contribution is 2.28. The van der Waals surface area contributed by atoms with Crippen LogP contribution in [0.25, 0.3) is 0 Å². The summed E-state index contributed by atoms with van der Waals surface area (Å²) in [7, 11) is -1.84. The molecular formula is C13H31N3O2S. The van der Waals surface area contributed by atoms with Crippen LogP contribution >= 0.6 is 0 Å². The third-order valence-electron chi connectivity index (χ3n) is 4.02. The van der Waals surface area contributed by atoms with E-state index in [1.165, 1.54) is 4.31 Å². The molecule has 0 atom stereocenters. The molecule has 116 valence electrons. The van der Waals surface area contributed by atoms with E-state index in [4.69, 9.17) is 5.73 Å². The Balaban J connectivity index is 5.66. The molecule has 0 aromatic rings. The molecule has 19 heavy (non-hydrogen) atoms. The van der Waals surface area contributed by atoms with Crippen molar-refractivity contribution in [1.29, 1.82) is 0 Å². The van der Waals surface area contributed by atoms with Gasteiger partial charge in [-0.15, -0.1) is 0 Å². The minimum Gasteiger partial charge on any atom is -0.329 e. The Hall–Kier alpha value is -0.170. The van der Waals surface area contributed by atoms with Crippen LogP contribution in [0.1, 0.15) is 53.9 Å². The summed E-state index contributed by atoms with van der Waals surface area (Å²) < 4.78 is 28.6. The van der Waals surface area contributed by atoms with Crippen molar-refractivity contribution in [3.05, 3.63) is 0 Å². The summed E-state index contributed by atoms with van der Waals surface area (Å²) >= 11 is 0. The fraction of sp³-hybridized carbons (Fsp3) is 1.00. The first-order valence-electron chi connectivity index (χ1n) is 7.19. The number of nitrogens with two attached hydrogens (primary N) is 1. The standard InChI is InChI=1S/C13H31N3O2S/c1-7-10-16(13(8-2,9-3)11-14)19(17,18)15(6)12(4)5/h12H,7-11,14H2,1-6H3. The van der Waals surface area contributed by atoms with Crippen molar-refractivity contribution in [2.75, 3.05) is 20.1 Å². The van der Waals surface area contributed by atoms with Crippen molar-refractivity contribution in [3.63, 3.8) is 0 Å². The van der Waals surface area contributed by atoms with Gasteiger partial charge in [-0.05, 0) is 33.1 Å². The van der Waals surface area contributed by atoms with Crippen molar-refractivity contribution < 1.29 is 8.42 Å². The van der Waals surface area contributed by atoms with E-state index in [0.717, 1.165) is 19.3 Å². The van der Waals surface area contributed by atoms with Gasteiger partial charge >= 0.3 is 0 Å². The van der Waals surface area contributed by atoms with Crippen LogP contribution in [-0.2, 0) is 10.2 Å². The maximum absolute atomic E-state index is 12.8. The molecule has 5 nitrogen and oxygen atoms in total. The number of rotatable bonds is 9. The Kier molecular flexibility index (Phi) is 7.50. The summed E-state index contributed by atoms with van der Waals surface area (Å²) in [6.07, 6.45) is 2.24. The zero-order valence-corrected chi connectivity index (χ0v) is 14.1. The molecule has 0 radical (unpaired) electrons. The van der Waals surface area contributed by atoms with Gasteiger partial charge in [0.05, 0.1) is 0 Å². The summed E-state index contributed by atoms with van der Waals surface area (Å²) in [6, 6.07) is -0.0615. The van der Waals surface area contributed by atoms with Crippen molar-refractivity contribution in [3.8, 4) is 0 Å². The van der Waals surface area contributed by atoms with Gasteiger partial charge in [-0.2, -0.15) is 17.0 Å². The molecule has 0 bridgehead atoms. The lowest BCUT2D eigenvalue weighted by molar-refractivity contribution is 0.164. The molecule has 0 aliphatic heterocycles. The van der Waals surface area contributed by atoms with Crippen molar-refractivity contribution in [2.24, 2.45) is 5.73 Å². The second kappa shape index (κ2) is 7.57. The first-order valence-corrected chi connectivity index (χ1v) is 8.59. The minimum atomic E-state index is -3.47. The van der Waals surface area contributed by atoms with Gasteiger partial charge in [0.15, 0.2) is 0 Å². The van der Waals surface area contributed by atoms with Gasteiger partial charge in [-0.1, -0.05) is 20.8 Å². The third kappa shape index (κ3) is 3.90. The molecule has 0 aliphatic rings. The number of hydrogen-bond acceptors (Lipinski definition) is 3. The summed E-state index contributed by atoms with van der Waals surface area (Å²) in [5.74, 6) is 0. The van der Waals surface area contributed by atoms with Crippen LogP contribution in [0.5, 0.6) is 0 Å². The lowest BCUT2D eigenvalue weighted by Crippen LogP contribution is -2.59. The average Bonchev–Trinajstić information content (AvgIpc) is 2.38. The van der Waals surface area contributed by atoms with Gasteiger partial charge in [0.1, 0.15) is 0 Å². The summed E-state index contributed by atoms with van der Waals surface area (Å²) in [5.41, 5.74) is 5.43. The Labute approximate surface area is 119 Å². The fourth-order valence-corrected chi connectivity index (χ4v) is 4.29. The first kappa shape index (κ1) is 18.8. The van der Waals surface area contributed by atoms with Gasteiger partial charge in [-0.3, -0.25) is 0 Å². The summed E-state index contributed by atoms with van der Waals surface area (Å²) in [6.45, 7) is 10.6. The Morgan fingerprint density at radius 3 is 1.89 bits per heavy atom. The zero-order valence-electron chi connectivity index (χ0n) is 13.3. The average molecular weight is 293 g/mol. The van der Waals surface area contributed by atoms with E-state index in [0.29, 0.717) is 13.1 Å². The summed E-state index contributed by atoms with van der Waals surface area (Å²) in [5, 5.41) is 0. The predicted molar refractivity (Wildman–Crippen MR) is 81.2 cm³/mol. The van der Waals surface area contributed by atoms with Crippen LogP contribution in [0.4, 0.5) is 0 Å². The quantitative estimate of drug-likeness (QED) is 0.705. The first-order chi connectivity index (χ1) is 8.73. The molecule has 0 unspecified atom stereocenters. The second-order valence-electron chi connectivity index (χ2n) is 5.33. The highest BCUT2D eigenvalue weighted by molar-refractivity contribution is 7.86. The second-order valence-corrected chi connectivity index (χ2v) is 7.24. The highest BCUT2D eigenvalue weighted by atomic mass is 32.2. The number of nitrogens with zero attached hydrogens (tertiary/aromatic N) is 2. The molecule has 0 aromatic carbocycles. The maximum Gasteiger partial charge on any atom is 0.282 e. The predicted octanol–water partition coefficient (Wildman–Crippen LogP) is 1.80. The fourth-order valence-electron chi connectivity index (χ4n) is 2.22. The lowest BCUT2D eigenvalue weighted by Gasteiger charge is -2.43. The van der Waals surface area contributed by atoms with Gasteiger partial charge in [0, 0.05) is 31.7 Å². The third-order valence-corrected chi connectivity index (χ3v) is 6.30. The zero-order chi connectivity index (χ0) is 15.3. The SMILES string of the molecule is CCCN(C(CC)(CC)CN)S(=O)(=O)N(C)C(C)C. The largest absolute Gasteiger partial charge is 0.329 e. The molecule has 0 rings (SSSR count). The molecule has 0 aliphatic carbocycles. The molecule has 0 amide bonds. The van der Waals surface area contributed by atoms with Gasteiger partial charge in [0.25, 0.3) is 10.2 Å². The molecule has 6 heteroatoms. The monoisotopic (exact) mass is 293 g/mol. The van der Waals surface area contributed by atoms with E-state index in [1.54, 1.807) is 11.4 Å². The molecule has 0 saturated heterocycles. The van der Waals surface area contributed by atoms with E-state index < -0.39 is 15.7 Å². The summed E-state index contributed by atoms with van der Waals surface area (Å²) in [4.78, 5) is 0. The van der Waals surface area contributed by atoms with E-state index in [2.05, 4.69) is 0 Å². The van der Waals surface area contributed by atoms with Crippen LogP contribution in [0.2, 0.25) is 0 Å². The Bertz CT molecular complexity index is 343. The molecule has 0 saturated carbocycles. The maximum atomic E-state index is 12.8. The van der Waals surface area contributed by atoms with Gasteiger partial charge in [0.2, 0.25) is 0 Å². The normalized spacial score (nSPS) is 13.8. The van der Waals surface area contributed by atoms with E-state index in [-0.39, 0.29) is 6.04 Å². The van der Waals surface area contributed by atoms with Crippen molar-refractivity contribution >= 4 is 10.2 Å². The Morgan fingerprint density at radius 1 is 1.16 bits per heavy atom. The lowest BCUT2D eigenvalue weighted by atomic mass is 9.93. The van der Waals surface area contributed by atoms with Crippen molar-refractivity contribution in [2.45, 2.75) is 65.5 Å². The van der Waals surface area contributed by atoms with Crippen LogP contribution in [0.3, 0.4) is 0 Å². The van der Waals surface area contributed by atoms with Crippen LogP contribution in [-0.4, -0.2) is 48.7 Å². The smallest absolute Gasteiger partial charge is 0.282 e. The van der Waals surface area contributed by atoms with Crippen LogP contribution in [0, 0.1) is 0 Å². The molecule has 2 N–H and O–H groups in total. The van der Waals surface area contributed by atoms with Crippen LogP contribution < -0.4 is 5.73 Å². The number of hydrogen-bond donors (Lipinski definition) is 1. The molecule has 0 fully saturated rings. The Morgan fingerprint density at radius 2 is 1.63 bits per heavy atom. The minimum absolute atomic E-state index is 0.0615. The van der Waals surface area contributed by atoms with E-state index >= 15 is 0 Å². The topological polar surface area (TPSA) is 66.6 Å².